The molecule has 0 spiro atoms. The first-order valence-corrected chi connectivity index (χ1v) is 8.30. The molecule has 8 heteroatoms. The van der Waals surface area contributed by atoms with Gasteiger partial charge < -0.3 is 9.64 Å². The zero-order valence-corrected chi connectivity index (χ0v) is 14.7. The summed E-state index contributed by atoms with van der Waals surface area (Å²) in [5.41, 5.74) is 3.65. The fourth-order valence-electron chi connectivity index (χ4n) is 3.27. The van der Waals surface area contributed by atoms with Gasteiger partial charge in [0.15, 0.2) is 5.15 Å². The van der Waals surface area contributed by atoms with E-state index in [1.54, 1.807) is 10.9 Å². The van der Waals surface area contributed by atoms with Gasteiger partial charge in [-0.25, -0.2) is 4.98 Å². The number of aryl methyl sites for hydroxylation is 2. The van der Waals surface area contributed by atoms with Crippen molar-refractivity contribution >= 4 is 28.5 Å². The molecule has 0 amide bonds. The van der Waals surface area contributed by atoms with E-state index in [9.17, 15) is 0 Å². The number of rotatable bonds is 2. The van der Waals surface area contributed by atoms with Crippen molar-refractivity contribution in [2.24, 2.45) is 14.1 Å². The number of anilines is 1. The minimum Gasteiger partial charge on any atom is -0.377 e. The summed E-state index contributed by atoms with van der Waals surface area (Å²) in [7, 11) is 3.81. The van der Waals surface area contributed by atoms with E-state index in [2.05, 4.69) is 28.1 Å². The normalized spacial score (nSPS) is 18.5. The highest BCUT2D eigenvalue weighted by atomic mass is 35.5. The Balaban J connectivity index is 1.97. The fourth-order valence-corrected chi connectivity index (χ4v) is 3.52. The van der Waals surface area contributed by atoms with Gasteiger partial charge in [-0.15, -0.1) is 0 Å². The lowest BCUT2D eigenvalue weighted by molar-refractivity contribution is 0.0986. The molecule has 1 aliphatic heterocycles. The van der Waals surface area contributed by atoms with E-state index >= 15 is 0 Å². The first kappa shape index (κ1) is 15.4. The van der Waals surface area contributed by atoms with Crippen molar-refractivity contribution in [1.82, 2.24) is 24.5 Å². The lowest BCUT2D eigenvalue weighted by Crippen LogP contribution is -2.44. The summed E-state index contributed by atoms with van der Waals surface area (Å²) >= 11 is 6.34. The molecule has 3 aromatic heterocycles. The van der Waals surface area contributed by atoms with Crippen molar-refractivity contribution in [2.75, 3.05) is 24.7 Å². The monoisotopic (exact) mass is 346 g/mol. The molecule has 0 saturated carbocycles. The quantitative estimate of drug-likeness (QED) is 0.712. The number of fused-ring (bicyclic) bond motifs is 1. The van der Waals surface area contributed by atoms with Gasteiger partial charge in [0.25, 0.3) is 0 Å². The molecular formula is C16H19ClN6O. The summed E-state index contributed by atoms with van der Waals surface area (Å²) in [5, 5.41) is 9.05. The first-order chi connectivity index (χ1) is 11.6. The molecule has 3 aromatic rings. The molecule has 4 heterocycles. The smallest absolute Gasteiger partial charge is 0.177 e. The molecule has 4 rings (SSSR count). The number of aromatic nitrogens is 5. The zero-order valence-electron chi connectivity index (χ0n) is 13.9. The molecule has 7 nitrogen and oxygen atoms in total. The maximum Gasteiger partial charge on any atom is 0.177 e. The van der Waals surface area contributed by atoms with Crippen LogP contribution in [0.15, 0.2) is 18.3 Å². The molecule has 1 aliphatic rings. The highest BCUT2D eigenvalue weighted by Crippen LogP contribution is 2.34. The first-order valence-electron chi connectivity index (χ1n) is 7.92. The Morgan fingerprint density at radius 2 is 2.12 bits per heavy atom. The Kier molecular flexibility index (Phi) is 3.69. The second kappa shape index (κ2) is 5.75. The maximum absolute atomic E-state index is 6.34. The van der Waals surface area contributed by atoms with E-state index in [0.29, 0.717) is 23.9 Å². The number of nitrogens with zero attached hydrogens (tertiary/aromatic N) is 6. The third-order valence-electron chi connectivity index (χ3n) is 4.49. The second-order valence-electron chi connectivity index (χ2n) is 6.10. The molecular weight excluding hydrogens is 328 g/mol. The van der Waals surface area contributed by atoms with E-state index in [1.807, 2.05) is 24.8 Å². The number of ether oxygens (including phenoxy) is 1. The standard InChI is InChI=1S/C16H19ClN6O/c1-10-9-24-7-6-23(10)13-8-11(12-4-5-18-21(12)2)15-14(19-13)16(17)20-22(15)3/h4-5,8,10H,6-7,9H2,1-3H3/t10-/m1/s1. The molecule has 24 heavy (non-hydrogen) atoms. The van der Waals surface area contributed by atoms with Gasteiger partial charge in [-0.1, -0.05) is 11.6 Å². The van der Waals surface area contributed by atoms with Gasteiger partial charge in [-0.3, -0.25) is 9.36 Å². The third-order valence-corrected chi connectivity index (χ3v) is 4.75. The molecule has 0 bridgehead atoms. The Labute approximate surface area is 144 Å². The van der Waals surface area contributed by atoms with Crippen LogP contribution in [0.1, 0.15) is 6.92 Å². The topological polar surface area (TPSA) is 61.0 Å². The van der Waals surface area contributed by atoms with Gasteiger partial charge in [0.05, 0.1) is 30.5 Å². The summed E-state index contributed by atoms with van der Waals surface area (Å²) in [6, 6.07) is 4.35. The minimum atomic E-state index is 0.263. The van der Waals surface area contributed by atoms with E-state index < -0.39 is 0 Å². The van der Waals surface area contributed by atoms with Crippen LogP contribution in [0.25, 0.3) is 22.3 Å². The summed E-state index contributed by atoms with van der Waals surface area (Å²) < 4.78 is 9.17. The fraction of sp³-hybridized carbons (Fsp3) is 0.438. The maximum atomic E-state index is 6.34. The average molecular weight is 347 g/mol. The molecule has 126 valence electrons. The summed E-state index contributed by atoms with van der Waals surface area (Å²) in [4.78, 5) is 7.05. The summed E-state index contributed by atoms with van der Waals surface area (Å²) in [6.45, 7) is 4.34. The van der Waals surface area contributed by atoms with E-state index in [-0.39, 0.29) is 6.04 Å². The largest absolute Gasteiger partial charge is 0.377 e. The number of morpholine rings is 1. The minimum absolute atomic E-state index is 0.263. The molecule has 1 fully saturated rings. The zero-order chi connectivity index (χ0) is 16.8. The number of halogens is 1. The van der Waals surface area contributed by atoms with E-state index in [4.69, 9.17) is 21.3 Å². The van der Waals surface area contributed by atoms with Gasteiger partial charge in [-0.05, 0) is 19.1 Å². The molecule has 0 aliphatic carbocycles. The van der Waals surface area contributed by atoms with Crippen LogP contribution in [-0.4, -0.2) is 50.3 Å². The second-order valence-corrected chi connectivity index (χ2v) is 6.46. The predicted molar refractivity (Wildman–Crippen MR) is 93.3 cm³/mol. The van der Waals surface area contributed by atoms with E-state index in [0.717, 1.165) is 29.1 Å². The lowest BCUT2D eigenvalue weighted by atomic mass is 10.1. The third kappa shape index (κ3) is 2.35. The molecule has 0 radical (unpaired) electrons. The predicted octanol–water partition coefficient (Wildman–Crippen LogP) is 2.25. The van der Waals surface area contributed by atoms with Crippen molar-refractivity contribution < 1.29 is 4.74 Å². The van der Waals surface area contributed by atoms with Crippen LogP contribution in [0.4, 0.5) is 5.82 Å². The van der Waals surface area contributed by atoms with Gasteiger partial charge in [0, 0.05) is 32.4 Å². The Bertz CT molecular complexity index is 901. The van der Waals surface area contributed by atoms with Crippen LogP contribution in [0.5, 0.6) is 0 Å². The number of hydrogen-bond donors (Lipinski definition) is 0. The van der Waals surface area contributed by atoms with Crippen molar-refractivity contribution in [3.8, 4) is 11.3 Å². The summed E-state index contributed by atoms with van der Waals surface area (Å²) in [6.07, 6.45) is 1.79. The molecule has 0 unspecified atom stereocenters. The Morgan fingerprint density at radius 3 is 2.83 bits per heavy atom. The van der Waals surface area contributed by atoms with Crippen LogP contribution in [0.3, 0.4) is 0 Å². The van der Waals surface area contributed by atoms with Crippen LogP contribution in [-0.2, 0) is 18.8 Å². The summed E-state index contributed by atoms with van der Waals surface area (Å²) in [5.74, 6) is 0.893. The van der Waals surface area contributed by atoms with Gasteiger partial charge in [-0.2, -0.15) is 10.2 Å². The van der Waals surface area contributed by atoms with Gasteiger partial charge in [0.2, 0.25) is 0 Å². The van der Waals surface area contributed by atoms with Gasteiger partial charge >= 0.3 is 0 Å². The van der Waals surface area contributed by atoms with Crippen LogP contribution >= 0.6 is 11.6 Å². The van der Waals surface area contributed by atoms with E-state index in [1.165, 1.54) is 0 Å². The average Bonchev–Trinajstić information content (AvgIpc) is 3.11. The number of pyridine rings is 1. The molecule has 0 N–H and O–H groups in total. The highest BCUT2D eigenvalue weighted by Gasteiger charge is 2.24. The van der Waals surface area contributed by atoms with Crippen molar-refractivity contribution in [1.29, 1.82) is 0 Å². The molecule has 1 atom stereocenters. The Hall–Kier alpha value is -2.12. The van der Waals surface area contributed by atoms with Crippen LogP contribution in [0.2, 0.25) is 5.15 Å². The van der Waals surface area contributed by atoms with Crippen LogP contribution < -0.4 is 4.90 Å². The molecule has 1 saturated heterocycles. The Morgan fingerprint density at radius 1 is 1.29 bits per heavy atom. The highest BCUT2D eigenvalue weighted by molar-refractivity contribution is 6.34. The SMILES string of the molecule is C[C@@H]1COCCN1c1cc(-c2ccnn2C)c2c(n1)c(Cl)nn2C. The van der Waals surface area contributed by atoms with Crippen LogP contribution in [0, 0.1) is 0 Å². The lowest BCUT2D eigenvalue weighted by Gasteiger charge is -2.34. The van der Waals surface area contributed by atoms with Crippen molar-refractivity contribution in [3.05, 3.63) is 23.5 Å². The van der Waals surface area contributed by atoms with Crippen molar-refractivity contribution in [3.63, 3.8) is 0 Å². The molecule has 0 aromatic carbocycles. The van der Waals surface area contributed by atoms with Crippen molar-refractivity contribution in [2.45, 2.75) is 13.0 Å². The number of hydrogen-bond acceptors (Lipinski definition) is 5. The van der Waals surface area contributed by atoms with Gasteiger partial charge in [0.1, 0.15) is 11.3 Å².